The zero-order chi connectivity index (χ0) is 21.0. The SMILES string of the molecule is CCCCCCC(CCCCCC)C(=O)OCC1(CO)CC(=C(C)C)C(=O)O1. The lowest BCUT2D eigenvalue weighted by atomic mass is 9.94. The molecule has 0 aromatic heterocycles. The van der Waals surface area contributed by atoms with E-state index in [1.165, 1.54) is 25.7 Å². The summed E-state index contributed by atoms with van der Waals surface area (Å²) in [5.41, 5.74) is 0.311. The summed E-state index contributed by atoms with van der Waals surface area (Å²) >= 11 is 0. The predicted molar refractivity (Wildman–Crippen MR) is 111 cm³/mol. The Balaban J connectivity index is 2.63. The van der Waals surface area contributed by atoms with E-state index < -0.39 is 11.6 Å². The van der Waals surface area contributed by atoms with E-state index in [-0.39, 0.29) is 31.5 Å². The molecule has 0 aliphatic carbocycles. The van der Waals surface area contributed by atoms with Crippen LogP contribution in [0, 0.1) is 5.92 Å². The third-order valence-electron chi connectivity index (χ3n) is 5.57. The summed E-state index contributed by atoms with van der Waals surface area (Å²) in [7, 11) is 0. The molecule has 0 spiro atoms. The molecular formula is C23H40O5. The smallest absolute Gasteiger partial charge is 0.334 e. The minimum atomic E-state index is -1.13. The van der Waals surface area contributed by atoms with Gasteiger partial charge in [0.05, 0.1) is 12.5 Å². The molecule has 1 aliphatic rings. The van der Waals surface area contributed by atoms with Gasteiger partial charge in [-0.1, -0.05) is 70.8 Å². The van der Waals surface area contributed by atoms with E-state index in [1.807, 2.05) is 13.8 Å². The molecule has 0 amide bonds. The third-order valence-corrected chi connectivity index (χ3v) is 5.57. The fraction of sp³-hybridized carbons (Fsp3) is 0.826. The number of aliphatic hydroxyl groups excluding tert-OH is 1. The first-order valence-corrected chi connectivity index (χ1v) is 11.1. The summed E-state index contributed by atoms with van der Waals surface area (Å²) in [5, 5.41) is 9.80. The number of carbonyl (C=O) groups excluding carboxylic acids is 2. The van der Waals surface area contributed by atoms with Gasteiger partial charge >= 0.3 is 11.9 Å². The summed E-state index contributed by atoms with van der Waals surface area (Å²) in [5.74, 6) is -0.743. The quantitative estimate of drug-likeness (QED) is 0.251. The highest BCUT2D eigenvalue weighted by Gasteiger charge is 2.45. The fourth-order valence-electron chi connectivity index (χ4n) is 3.62. The van der Waals surface area contributed by atoms with Crippen LogP contribution in [-0.2, 0) is 19.1 Å². The van der Waals surface area contributed by atoms with E-state index in [0.717, 1.165) is 44.1 Å². The molecule has 0 radical (unpaired) electrons. The Morgan fingerprint density at radius 3 is 2.07 bits per heavy atom. The van der Waals surface area contributed by atoms with Gasteiger partial charge in [-0.2, -0.15) is 0 Å². The van der Waals surface area contributed by atoms with E-state index in [2.05, 4.69) is 13.8 Å². The van der Waals surface area contributed by atoms with Gasteiger partial charge in [-0.15, -0.1) is 0 Å². The first kappa shape index (κ1) is 24.7. The minimum Gasteiger partial charge on any atom is -0.461 e. The van der Waals surface area contributed by atoms with Crippen molar-refractivity contribution in [3.8, 4) is 0 Å². The third kappa shape index (κ3) is 7.94. The molecule has 0 aromatic carbocycles. The Labute approximate surface area is 170 Å². The summed E-state index contributed by atoms with van der Waals surface area (Å²) in [6.07, 6.45) is 11.0. The van der Waals surface area contributed by atoms with E-state index in [9.17, 15) is 14.7 Å². The molecule has 1 atom stereocenters. The molecule has 162 valence electrons. The zero-order valence-electron chi connectivity index (χ0n) is 18.3. The second kappa shape index (κ2) is 13.0. The van der Waals surface area contributed by atoms with Crippen molar-refractivity contribution in [2.75, 3.05) is 13.2 Å². The summed E-state index contributed by atoms with van der Waals surface area (Å²) < 4.78 is 11.0. The van der Waals surface area contributed by atoms with Gasteiger partial charge in [-0.05, 0) is 26.7 Å². The van der Waals surface area contributed by atoms with Crippen molar-refractivity contribution in [1.82, 2.24) is 0 Å². The number of aliphatic hydroxyl groups is 1. The topological polar surface area (TPSA) is 72.8 Å². The van der Waals surface area contributed by atoms with Gasteiger partial charge in [0.15, 0.2) is 5.60 Å². The molecular weight excluding hydrogens is 356 g/mol. The maximum Gasteiger partial charge on any atom is 0.334 e. The van der Waals surface area contributed by atoms with Gasteiger partial charge in [-0.3, -0.25) is 4.79 Å². The molecule has 0 bridgehead atoms. The summed E-state index contributed by atoms with van der Waals surface area (Å²) in [6.45, 7) is 7.62. The van der Waals surface area contributed by atoms with Crippen LogP contribution in [0.3, 0.4) is 0 Å². The number of carbonyl (C=O) groups is 2. The van der Waals surface area contributed by atoms with Crippen LogP contribution >= 0.6 is 0 Å². The molecule has 1 N–H and O–H groups in total. The number of rotatable bonds is 14. The fourth-order valence-corrected chi connectivity index (χ4v) is 3.62. The highest BCUT2D eigenvalue weighted by molar-refractivity contribution is 5.92. The largest absolute Gasteiger partial charge is 0.461 e. The van der Waals surface area contributed by atoms with Crippen molar-refractivity contribution >= 4 is 11.9 Å². The maximum absolute atomic E-state index is 12.7. The van der Waals surface area contributed by atoms with Crippen molar-refractivity contribution in [3.63, 3.8) is 0 Å². The zero-order valence-corrected chi connectivity index (χ0v) is 18.3. The van der Waals surface area contributed by atoms with Crippen LogP contribution in [0.5, 0.6) is 0 Å². The van der Waals surface area contributed by atoms with Crippen LogP contribution in [0.25, 0.3) is 0 Å². The number of esters is 2. The molecule has 1 rings (SSSR count). The van der Waals surface area contributed by atoms with Gasteiger partial charge in [0, 0.05) is 12.0 Å². The Morgan fingerprint density at radius 2 is 1.64 bits per heavy atom. The second-order valence-corrected chi connectivity index (χ2v) is 8.39. The number of cyclic esters (lactones) is 1. The number of hydrogen-bond acceptors (Lipinski definition) is 5. The molecule has 1 fully saturated rings. The first-order valence-electron chi connectivity index (χ1n) is 11.1. The lowest BCUT2D eigenvalue weighted by molar-refractivity contribution is -0.169. The number of allylic oxidation sites excluding steroid dienone is 1. The van der Waals surface area contributed by atoms with Crippen LogP contribution in [0.15, 0.2) is 11.1 Å². The van der Waals surface area contributed by atoms with E-state index in [1.54, 1.807) is 0 Å². The lowest BCUT2D eigenvalue weighted by Crippen LogP contribution is -2.40. The van der Waals surface area contributed by atoms with E-state index in [0.29, 0.717) is 5.57 Å². The number of hydrogen-bond donors (Lipinski definition) is 1. The Morgan fingerprint density at radius 1 is 1.07 bits per heavy atom. The average molecular weight is 397 g/mol. The lowest BCUT2D eigenvalue weighted by Gasteiger charge is -2.25. The molecule has 1 unspecified atom stereocenters. The van der Waals surface area contributed by atoms with Crippen LogP contribution < -0.4 is 0 Å². The van der Waals surface area contributed by atoms with E-state index >= 15 is 0 Å². The normalized spacial score (nSPS) is 19.2. The van der Waals surface area contributed by atoms with Gasteiger partial charge in [0.1, 0.15) is 6.61 Å². The van der Waals surface area contributed by atoms with Crippen molar-refractivity contribution in [1.29, 1.82) is 0 Å². The number of ether oxygens (including phenoxy) is 2. The Bertz CT molecular complexity index is 509. The van der Waals surface area contributed by atoms with Gasteiger partial charge in [0.25, 0.3) is 0 Å². The molecule has 1 saturated heterocycles. The van der Waals surface area contributed by atoms with Gasteiger partial charge < -0.3 is 14.6 Å². The van der Waals surface area contributed by atoms with Crippen molar-refractivity contribution in [3.05, 3.63) is 11.1 Å². The maximum atomic E-state index is 12.7. The van der Waals surface area contributed by atoms with Crippen molar-refractivity contribution in [2.45, 2.75) is 104 Å². The molecule has 0 aromatic rings. The van der Waals surface area contributed by atoms with Crippen LogP contribution in [-0.4, -0.2) is 35.9 Å². The van der Waals surface area contributed by atoms with Crippen LogP contribution in [0.1, 0.15) is 98.3 Å². The molecule has 1 heterocycles. The van der Waals surface area contributed by atoms with Crippen LogP contribution in [0.4, 0.5) is 0 Å². The summed E-state index contributed by atoms with van der Waals surface area (Å²) in [4.78, 5) is 24.8. The molecule has 5 heteroatoms. The second-order valence-electron chi connectivity index (χ2n) is 8.39. The van der Waals surface area contributed by atoms with Crippen molar-refractivity contribution < 1.29 is 24.2 Å². The monoisotopic (exact) mass is 396 g/mol. The highest BCUT2D eigenvalue weighted by Crippen LogP contribution is 2.33. The Kier molecular flexibility index (Phi) is 11.4. The molecule has 1 aliphatic heterocycles. The molecule has 28 heavy (non-hydrogen) atoms. The molecule has 5 nitrogen and oxygen atoms in total. The van der Waals surface area contributed by atoms with Crippen LogP contribution in [0.2, 0.25) is 0 Å². The Hall–Kier alpha value is -1.36. The van der Waals surface area contributed by atoms with Crippen molar-refractivity contribution in [2.24, 2.45) is 5.92 Å². The minimum absolute atomic E-state index is 0.0781. The van der Waals surface area contributed by atoms with E-state index in [4.69, 9.17) is 9.47 Å². The first-order chi connectivity index (χ1) is 13.4. The standard InChI is InChI=1S/C23H40O5/c1-5-7-9-11-13-19(14-12-10-8-6-2)21(25)27-17-23(16-24)15-20(18(3)4)22(26)28-23/h19,24H,5-17H2,1-4H3. The predicted octanol–water partition coefficient (Wildman–Crippen LogP) is 5.10. The highest BCUT2D eigenvalue weighted by atomic mass is 16.6. The summed E-state index contributed by atoms with van der Waals surface area (Å²) in [6, 6.07) is 0. The van der Waals surface area contributed by atoms with Gasteiger partial charge in [0.2, 0.25) is 0 Å². The number of unbranched alkanes of at least 4 members (excludes halogenated alkanes) is 6. The molecule has 0 saturated carbocycles. The average Bonchev–Trinajstić information content (AvgIpc) is 3.02. The van der Waals surface area contributed by atoms with Gasteiger partial charge in [-0.25, -0.2) is 4.79 Å².